The quantitative estimate of drug-likeness (QED) is 0.517. The van der Waals surface area contributed by atoms with E-state index in [2.05, 4.69) is 20.4 Å². The minimum Gasteiger partial charge on any atom is -0.393 e. The third-order valence-corrected chi connectivity index (χ3v) is 6.67. The number of piperazine rings is 2. The van der Waals surface area contributed by atoms with E-state index in [1.165, 1.54) is 51.9 Å². The van der Waals surface area contributed by atoms with Gasteiger partial charge in [-0.3, -0.25) is 9.80 Å². The van der Waals surface area contributed by atoms with E-state index in [1.54, 1.807) is 0 Å². The fourth-order valence-electron chi connectivity index (χ4n) is 4.94. The number of rotatable bonds is 2. The normalized spacial score (nSPS) is 34.9. The van der Waals surface area contributed by atoms with E-state index in [-0.39, 0.29) is 37.0 Å². The molecule has 0 aromatic carbocycles. The van der Waals surface area contributed by atoms with E-state index in [9.17, 15) is 10.2 Å². The molecule has 2 heterocycles. The summed E-state index contributed by atoms with van der Waals surface area (Å²) < 4.78 is 0. The lowest BCUT2D eigenvalue weighted by molar-refractivity contribution is 0.0681. The van der Waals surface area contributed by atoms with Crippen LogP contribution in [0.25, 0.3) is 0 Å². The highest BCUT2D eigenvalue weighted by molar-refractivity contribution is 5.85. The summed E-state index contributed by atoms with van der Waals surface area (Å²) in [7, 11) is 0. The van der Waals surface area contributed by atoms with Crippen LogP contribution in [0.1, 0.15) is 51.4 Å². The predicted molar refractivity (Wildman–Crippen MR) is 120 cm³/mol. The Balaban J connectivity index is 0.000000261. The van der Waals surface area contributed by atoms with Crippen molar-refractivity contribution in [1.29, 1.82) is 0 Å². The first-order valence-electron chi connectivity index (χ1n) is 11.0. The lowest BCUT2D eigenvalue weighted by atomic mass is 9.92. The zero-order valence-corrected chi connectivity index (χ0v) is 18.9. The summed E-state index contributed by atoms with van der Waals surface area (Å²) in [5.74, 6) is 0. The second-order valence-electron chi connectivity index (χ2n) is 8.50. The first-order valence-corrected chi connectivity index (χ1v) is 11.0. The van der Waals surface area contributed by atoms with Crippen LogP contribution in [0, 0.1) is 0 Å². The number of nitrogens with zero attached hydrogens (tertiary/aromatic N) is 2. The molecular formula is C20H42Cl2N4O2. The van der Waals surface area contributed by atoms with Gasteiger partial charge >= 0.3 is 0 Å². The summed E-state index contributed by atoms with van der Waals surface area (Å²) in [5.41, 5.74) is 0. The summed E-state index contributed by atoms with van der Waals surface area (Å²) in [6, 6.07) is 1.51. The predicted octanol–water partition coefficient (Wildman–Crippen LogP) is 1.23. The Morgan fingerprint density at radius 2 is 0.786 bits per heavy atom. The zero-order valence-electron chi connectivity index (χ0n) is 17.2. The molecular weight excluding hydrogens is 399 g/mol. The molecule has 28 heavy (non-hydrogen) atoms. The third kappa shape index (κ3) is 8.60. The first kappa shape index (κ1) is 26.4. The monoisotopic (exact) mass is 440 g/mol. The highest BCUT2D eigenvalue weighted by atomic mass is 35.5. The van der Waals surface area contributed by atoms with E-state index in [0.717, 1.165) is 63.9 Å². The Kier molecular flexibility index (Phi) is 13.5. The number of aliphatic hydroxyl groups is 2. The van der Waals surface area contributed by atoms with Crippen molar-refractivity contribution in [3.05, 3.63) is 0 Å². The van der Waals surface area contributed by atoms with Gasteiger partial charge in [-0.05, 0) is 51.4 Å². The average Bonchev–Trinajstić information content (AvgIpc) is 2.71. The number of aliphatic hydroxyl groups excluding tert-OH is 2. The molecule has 0 amide bonds. The van der Waals surface area contributed by atoms with Crippen LogP contribution in [0.2, 0.25) is 0 Å². The van der Waals surface area contributed by atoms with Gasteiger partial charge in [0, 0.05) is 64.4 Å². The van der Waals surface area contributed by atoms with Crippen LogP contribution in [0.5, 0.6) is 0 Å². The number of nitrogens with one attached hydrogen (secondary N) is 2. The van der Waals surface area contributed by atoms with Gasteiger partial charge in [0.25, 0.3) is 0 Å². The van der Waals surface area contributed by atoms with Gasteiger partial charge in [-0.15, -0.1) is 24.8 Å². The fraction of sp³-hybridized carbons (Fsp3) is 1.00. The van der Waals surface area contributed by atoms with Crippen LogP contribution in [0.4, 0.5) is 0 Å². The second kappa shape index (κ2) is 14.4. The van der Waals surface area contributed by atoms with Crippen molar-refractivity contribution in [3.63, 3.8) is 0 Å². The van der Waals surface area contributed by atoms with Gasteiger partial charge in [-0.25, -0.2) is 0 Å². The van der Waals surface area contributed by atoms with E-state index in [4.69, 9.17) is 0 Å². The SMILES string of the molecule is Cl.Cl.OC1CCC(N2CCNCC2)CC1.OC1CCC(N2CCNCC2)CC1. The van der Waals surface area contributed by atoms with Gasteiger partial charge in [-0.2, -0.15) is 0 Å². The van der Waals surface area contributed by atoms with Crippen molar-refractivity contribution in [2.24, 2.45) is 0 Å². The smallest absolute Gasteiger partial charge is 0.0541 e. The highest BCUT2D eigenvalue weighted by Crippen LogP contribution is 2.24. The third-order valence-electron chi connectivity index (χ3n) is 6.67. The molecule has 2 aliphatic carbocycles. The second-order valence-corrected chi connectivity index (χ2v) is 8.50. The largest absolute Gasteiger partial charge is 0.393 e. The molecule has 4 rings (SSSR count). The van der Waals surface area contributed by atoms with Crippen molar-refractivity contribution < 1.29 is 10.2 Å². The van der Waals surface area contributed by atoms with Crippen molar-refractivity contribution in [2.75, 3.05) is 52.4 Å². The van der Waals surface area contributed by atoms with Crippen molar-refractivity contribution in [2.45, 2.75) is 75.7 Å². The van der Waals surface area contributed by atoms with Gasteiger partial charge in [0.15, 0.2) is 0 Å². The van der Waals surface area contributed by atoms with E-state index >= 15 is 0 Å². The zero-order chi connectivity index (χ0) is 18.2. The molecule has 0 aromatic heterocycles. The van der Waals surface area contributed by atoms with Gasteiger partial charge in [-0.1, -0.05) is 0 Å². The number of halogens is 2. The van der Waals surface area contributed by atoms with Gasteiger partial charge in [0.2, 0.25) is 0 Å². The van der Waals surface area contributed by atoms with Gasteiger partial charge in [0.1, 0.15) is 0 Å². The lowest BCUT2D eigenvalue weighted by Gasteiger charge is -2.38. The van der Waals surface area contributed by atoms with Crippen molar-refractivity contribution in [3.8, 4) is 0 Å². The summed E-state index contributed by atoms with van der Waals surface area (Å²) in [4.78, 5) is 5.17. The Morgan fingerprint density at radius 3 is 1.07 bits per heavy atom. The standard InChI is InChI=1S/2C10H20N2O.2ClH/c2*13-10-3-1-9(2-4-10)12-7-5-11-6-8-12;;/h2*9-11,13H,1-8H2;2*1H. The molecule has 2 saturated heterocycles. The maximum atomic E-state index is 9.39. The van der Waals surface area contributed by atoms with Gasteiger partial charge < -0.3 is 20.8 Å². The molecule has 6 nitrogen and oxygen atoms in total. The average molecular weight is 441 g/mol. The molecule has 8 heteroatoms. The Morgan fingerprint density at radius 1 is 0.500 bits per heavy atom. The van der Waals surface area contributed by atoms with Gasteiger partial charge in [0.05, 0.1) is 12.2 Å². The van der Waals surface area contributed by atoms with Crippen molar-refractivity contribution >= 4 is 24.8 Å². The molecule has 0 atom stereocenters. The lowest BCUT2D eigenvalue weighted by Crippen LogP contribution is -2.49. The summed E-state index contributed by atoms with van der Waals surface area (Å²) in [5, 5.41) is 25.5. The highest BCUT2D eigenvalue weighted by Gasteiger charge is 2.26. The maximum absolute atomic E-state index is 9.39. The summed E-state index contributed by atoms with van der Waals surface area (Å²) in [6.45, 7) is 9.33. The number of hydrogen-bond acceptors (Lipinski definition) is 6. The summed E-state index contributed by atoms with van der Waals surface area (Å²) in [6.07, 6.45) is 8.79. The molecule has 4 N–H and O–H groups in total. The maximum Gasteiger partial charge on any atom is 0.0541 e. The fourth-order valence-corrected chi connectivity index (χ4v) is 4.94. The molecule has 2 saturated carbocycles. The Labute approximate surface area is 183 Å². The van der Waals surface area contributed by atoms with Crippen molar-refractivity contribution in [1.82, 2.24) is 20.4 Å². The minimum atomic E-state index is -0.0147. The van der Waals surface area contributed by atoms with Crippen LogP contribution < -0.4 is 10.6 Å². The first-order chi connectivity index (χ1) is 12.7. The Bertz CT molecular complexity index is 344. The minimum absolute atomic E-state index is 0. The molecule has 0 spiro atoms. The molecule has 0 bridgehead atoms. The molecule has 4 fully saturated rings. The Hall–Kier alpha value is 0.340. The van der Waals surface area contributed by atoms with Crippen LogP contribution in [0.3, 0.4) is 0 Å². The number of hydrogen-bond donors (Lipinski definition) is 4. The van der Waals surface area contributed by atoms with E-state index in [1.807, 2.05) is 0 Å². The van der Waals surface area contributed by atoms with E-state index < -0.39 is 0 Å². The van der Waals surface area contributed by atoms with Crippen LogP contribution in [0.15, 0.2) is 0 Å². The molecule has 2 aliphatic heterocycles. The molecule has 0 radical (unpaired) electrons. The van der Waals surface area contributed by atoms with Crippen LogP contribution in [-0.2, 0) is 0 Å². The molecule has 168 valence electrons. The summed E-state index contributed by atoms with van der Waals surface area (Å²) >= 11 is 0. The van der Waals surface area contributed by atoms with Crippen LogP contribution in [-0.4, -0.2) is 96.7 Å². The topological polar surface area (TPSA) is 71.0 Å². The molecule has 4 aliphatic rings. The van der Waals surface area contributed by atoms with E-state index in [0.29, 0.717) is 0 Å². The molecule has 0 unspecified atom stereocenters. The molecule has 0 aromatic rings. The van der Waals surface area contributed by atoms with Crippen LogP contribution >= 0.6 is 24.8 Å².